The normalized spacial score (nSPS) is 11.4. The molecule has 9 nitrogen and oxygen atoms in total. The first-order valence-electron chi connectivity index (χ1n) is 6.10. The SMILES string of the molecule is [3H]c1csc(OCc2c(I)cnnc2-n2nnn(C)c2=O)n1. The number of tetrazole rings is 1. The van der Waals surface area contributed by atoms with E-state index in [1.165, 1.54) is 18.4 Å². The van der Waals surface area contributed by atoms with Crippen LogP contribution in [0.2, 0.25) is 0 Å². The second kappa shape index (κ2) is 5.85. The van der Waals surface area contributed by atoms with Gasteiger partial charge in [0.1, 0.15) is 6.61 Å². The molecule has 0 spiro atoms. The van der Waals surface area contributed by atoms with Crippen molar-refractivity contribution in [1.29, 1.82) is 0 Å². The van der Waals surface area contributed by atoms with Crippen molar-refractivity contribution in [2.45, 2.75) is 6.61 Å². The molecular formula is C10H8IN7O2S. The minimum Gasteiger partial charge on any atom is -0.465 e. The molecule has 3 aromatic heterocycles. The smallest absolute Gasteiger partial charge is 0.369 e. The summed E-state index contributed by atoms with van der Waals surface area (Å²) in [5, 5.41) is 17.2. The number of aromatic nitrogens is 7. The molecule has 0 aliphatic carbocycles. The molecule has 0 atom stereocenters. The molecule has 0 N–H and O–H groups in total. The summed E-state index contributed by atoms with van der Waals surface area (Å²) in [5.41, 5.74) is 0.208. The number of aryl methyl sites for hydroxylation is 1. The molecule has 0 aliphatic rings. The molecule has 21 heavy (non-hydrogen) atoms. The molecule has 3 heterocycles. The Labute approximate surface area is 137 Å². The van der Waals surface area contributed by atoms with Gasteiger partial charge in [-0.2, -0.15) is 9.78 Å². The van der Waals surface area contributed by atoms with E-state index < -0.39 is 5.69 Å². The van der Waals surface area contributed by atoms with E-state index in [0.29, 0.717) is 10.8 Å². The van der Waals surface area contributed by atoms with Gasteiger partial charge in [-0.1, -0.05) is 11.3 Å². The van der Waals surface area contributed by atoms with E-state index in [9.17, 15) is 4.79 Å². The fourth-order valence-corrected chi connectivity index (χ4v) is 2.47. The predicted molar refractivity (Wildman–Crippen MR) is 81.4 cm³/mol. The Morgan fingerprint density at radius 3 is 3.05 bits per heavy atom. The van der Waals surface area contributed by atoms with Crippen LogP contribution in [-0.2, 0) is 13.7 Å². The summed E-state index contributed by atoms with van der Waals surface area (Å²) < 4.78 is 15.8. The Morgan fingerprint density at radius 1 is 1.52 bits per heavy atom. The van der Waals surface area contributed by atoms with Gasteiger partial charge in [0.05, 0.1) is 13.1 Å². The van der Waals surface area contributed by atoms with Crippen LogP contribution in [0.1, 0.15) is 6.93 Å². The van der Waals surface area contributed by atoms with Gasteiger partial charge >= 0.3 is 5.69 Å². The van der Waals surface area contributed by atoms with Crippen molar-refractivity contribution in [3.8, 4) is 11.0 Å². The molecule has 108 valence electrons. The van der Waals surface area contributed by atoms with Gasteiger partial charge in [-0.25, -0.2) is 9.78 Å². The highest BCUT2D eigenvalue weighted by atomic mass is 127. The Kier molecular flexibility index (Phi) is 3.57. The van der Waals surface area contributed by atoms with Crippen molar-refractivity contribution in [3.05, 3.63) is 37.4 Å². The highest BCUT2D eigenvalue weighted by molar-refractivity contribution is 14.1. The third-order valence-corrected chi connectivity index (χ3v) is 4.08. The largest absolute Gasteiger partial charge is 0.465 e. The zero-order chi connectivity index (χ0) is 15.7. The Bertz CT molecular complexity index is 876. The summed E-state index contributed by atoms with van der Waals surface area (Å²) in [4.78, 5) is 15.9. The third-order valence-electron chi connectivity index (χ3n) is 2.51. The zero-order valence-corrected chi connectivity index (χ0v) is 13.6. The number of nitrogens with zero attached hydrogens (tertiary/aromatic N) is 7. The van der Waals surface area contributed by atoms with Crippen molar-refractivity contribution in [1.82, 2.24) is 35.0 Å². The van der Waals surface area contributed by atoms with Gasteiger partial charge in [0.25, 0.3) is 5.19 Å². The lowest BCUT2D eigenvalue weighted by Gasteiger charge is -2.08. The van der Waals surface area contributed by atoms with Gasteiger partial charge in [-0.05, 0) is 33.0 Å². The summed E-state index contributed by atoms with van der Waals surface area (Å²) >= 11 is 3.30. The van der Waals surface area contributed by atoms with Gasteiger partial charge in [0, 0.05) is 22.2 Å². The molecule has 0 fully saturated rings. The topological polar surface area (TPSA) is 101 Å². The van der Waals surface area contributed by atoms with Crippen molar-refractivity contribution in [2.75, 3.05) is 0 Å². The Morgan fingerprint density at radius 2 is 2.38 bits per heavy atom. The molecule has 11 heteroatoms. The van der Waals surface area contributed by atoms with Crippen LogP contribution in [0.4, 0.5) is 0 Å². The van der Waals surface area contributed by atoms with Gasteiger partial charge in [0.15, 0.2) is 5.82 Å². The maximum absolute atomic E-state index is 12.0. The van der Waals surface area contributed by atoms with Crippen LogP contribution in [-0.4, -0.2) is 35.0 Å². The summed E-state index contributed by atoms with van der Waals surface area (Å²) in [7, 11) is 1.49. The van der Waals surface area contributed by atoms with Gasteiger partial charge < -0.3 is 4.74 Å². The Hall–Kier alpha value is -1.89. The highest BCUT2D eigenvalue weighted by Gasteiger charge is 2.17. The first-order valence-corrected chi connectivity index (χ1v) is 7.56. The summed E-state index contributed by atoms with van der Waals surface area (Å²) in [6.45, 7) is 0.124. The second-order valence-corrected chi connectivity index (χ2v) is 5.81. The van der Waals surface area contributed by atoms with Gasteiger partial charge in [0.2, 0.25) is 0 Å². The van der Waals surface area contributed by atoms with Crippen molar-refractivity contribution in [3.63, 3.8) is 0 Å². The molecular weight excluding hydrogens is 409 g/mol. The highest BCUT2D eigenvalue weighted by Crippen LogP contribution is 2.20. The van der Waals surface area contributed by atoms with Crippen molar-refractivity contribution < 1.29 is 6.11 Å². The minimum atomic E-state index is -0.430. The lowest BCUT2D eigenvalue weighted by molar-refractivity contribution is 0.302. The summed E-state index contributed by atoms with van der Waals surface area (Å²) in [6, 6.07) is 0. The number of rotatable bonds is 4. The second-order valence-electron chi connectivity index (χ2n) is 3.82. The van der Waals surface area contributed by atoms with Gasteiger partial charge in [-0.15, -0.1) is 9.78 Å². The first-order chi connectivity index (χ1) is 10.6. The van der Waals surface area contributed by atoms with Gasteiger partial charge in [-0.3, -0.25) is 0 Å². The number of hydrogen-bond acceptors (Lipinski definition) is 8. The van der Waals surface area contributed by atoms with Crippen LogP contribution in [0.5, 0.6) is 5.19 Å². The standard InChI is InChI=1S/C10H8IN7O2S/c1-17-10(19)18(16-15-17)8-6(7(11)4-13-14-8)5-20-9-12-2-3-21-9/h2-4H,5H2,1H3/i2T. The van der Waals surface area contributed by atoms with Crippen LogP contribution in [0.25, 0.3) is 5.82 Å². The maximum Gasteiger partial charge on any atom is 0.369 e. The van der Waals surface area contributed by atoms with Crippen LogP contribution < -0.4 is 10.4 Å². The molecule has 0 unspecified atom stereocenters. The molecule has 0 aliphatic heterocycles. The molecule has 3 aromatic rings. The molecule has 0 bridgehead atoms. The van der Waals surface area contributed by atoms with Crippen LogP contribution >= 0.6 is 33.9 Å². The third kappa shape index (κ3) is 2.78. The zero-order valence-electron chi connectivity index (χ0n) is 11.6. The van der Waals surface area contributed by atoms with E-state index in [-0.39, 0.29) is 18.6 Å². The Balaban J connectivity index is 1.96. The maximum atomic E-state index is 12.0. The lowest BCUT2D eigenvalue weighted by atomic mass is 10.3. The van der Waals surface area contributed by atoms with E-state index in [1.54, 1.807) is 11.6 Å². The van der Waals surface area contributed by atoms with E-state index >= 15 is 0 Å². The number of ether oxygens (including phenoxy) is 1. The van der Waals surface area contributed by atoms with E-state index in [4.69, 9.17) is 6.11 Å². The van der Waals surface area contributed by atoms with Crippen molar-refractivity contribution >= 4 is 33.9 Å². The lowest BCUT2D eigenvalue weighted by Crippen LogP contribution is -2.24. The van der Waals surface area contributed by atoms with Crippen molar-refractivity contribution in [2.24, 2.45) is 7.05 Å². The fraction of sp³-hybridized carbons (Fsp3) is 0.200. The molecule has 0 aromatic carbocycles. The number of hydrogen-bond donors (Lipinski definition) is 0. The molecule has 0 saturated heterocycles. The summed E-state index contributed by atoms with van der Waals surface area (Å²) in [5.74, 6) is 0.257. The van der Waals surface area contributed by atoms with E-state index in [0.717, 1.165) is 12.9 Å². The average molecular weight is 419 g/mol. The molecule has 0 radical (unpaired) electrons. The quantitative estimate of drug-likeness (QED) is 0.565. The van der Waals surface area contributed by atoms with Crippen LogP contribution in [0.3, 0.4) is 0 Å². The fourth-order valence-electron chi connectivity index (χ4n) is 1.51. The molecule has 0 amide bonds. The first kappa shape index (κ1) is 12.8. The monoisotopic (exact) mass is 419 g/mol. The summed E-state index contributed by atoms with van der Waals surface area (Å²) in [6.07, 6.45) is 1.70. The van der Waals surface area contributed by atoms with E-state index in [2.05, 4.69) is 48.2 Å². The molecule has 3 rings (SSSR count). The minimum absolute atomic E-state index is 0.124. The number of thiazole rings is 1. The predicted octanol–water partition coefficient (Wildman–Crippen LogP) is 0.396. The van der Waals surface area contributed by atoms with Crippen LogP contribution in [0, 0.1) is 3.57 Å². The van der Waals surface area contributed by atoms with E-state index in [1.807, 2.05) is 0 Å². The average Bonchev–Trinajstić information content (AvgIpc) is 3.05. The van der Waals surface area contributed by atoms with Crippen LogP contribution in [0.15, 0.2) is 22.5 Å². The number of halogens is 1. The molecule has 0 saturated carbocycles.